The van der Waals surface area contributed by atoms with Crippen molar-refractivity contribution in [3.8, 4) is 0 Å². The number of benzene rings is 1. The van der Waals surface area contributed by atoms with Crippen LogP contribution < -0.4 is 10.6 Å². The summed E-state index contributed by atoms with van der Waals surface area (Å²) in [5.74, 6) is 0. The molecular weight excluding hydrogens is 208 g/mol. The van der Waals surface area contributed by atoms with Gasteiger partial charge >= 0.3 is 0 Å². The Morgan fingerprint density at radius 1 is 1.53 bits per heavy atom. The standard InChI is InChI=1S/C12H17ClN2/c1-9-4-5-10(13)7-12(9)15-8-11-3-2-6-14-11/h4-5,7,11,14-15H,2-3,6,8H2,1H3/p+1/t11-/m0/s1. The van der Waals surface area contributed by atoms with Crippen LogP contribution in [0.25, 0.3) is 0 Å². The van der Waals surface area contributed by atoms with Crippen molar-refractivity contribution < 1.29 is 5.32 Å². The van der Waals surface area contributed by atoms with Gasteiger partial charge in [-0.25, -0.2) is 0 Å². The van der Waals surface area contributed by atoms with Gasteiger partial charge in [-0.2, -0.15) is 0 Å². The highest BCUT2D eigenvalue weighted by atomic mass is 35.5. The molecule has 82 valence electrons. The van der Waals surface area contributed by atoms with Gasteiger partial charge in [0.15, 0.2) is 0 Å². The van der Waals surface area contributed by atoms with Crippen molar-refractivity contribution in [1.82, 2.24) is 0 Å². The Morgan fingerprint density at radius 2 is 2.40 bits per heavy atom. The maximum atomic E-state index is 5.96. The first kappa shape index (κ1) is 10.8. The number of halogens is 1. The van der Waals surface area contributed by atoms with Crippen molar-refractivity contribution in [3.63, 3.8) is 0 Å². The second kappa shape index (κ2) is 4.86. The van der Waals surface area contributed by atoms with Crippen LogP contribution in [0.15, 0.2) is 18.2 Å². The maximum absolute atomic E-state index is 5.96. The highest BCUT2D eigenvalue weighted by molar-refractivity contribution is 6.30. The van der Waals surface area contributed by atoms with E-state index in [0.29, 0.717) is 0 Å². The van der Waals surface area contributed by atoms with E-state index >= 15 is 0 Å². The summed E-state index contributed by atoms with van der Waals surface area (Å²) < 4.78 is 0. The number of aryl methyl sites for hydroxylation is 1. The molecule has 3 heteroatoms. The highest BCUT2D eigenvalue weighted by Gasteiger charge is 2.17. The fraction of sp³-hybridized carbons (Fsp3) is 0.500. The second-order valence-corrected chi connectivity index (χ2v) is 4.70. The van der Waals surface area contributed by atoms with Crippen LogP contribution in [0.1, 0.15) is 18.4 Å². The van der Waals surface area contributed by atoms with Crippen molar-refractivity contribution >= 4 is 17.3 Å². The number of rotatable bonds is 3. The van der Waals surface area contributed by atoms with Crippen LogP contribution in [0.3, 0.4) is 0 Å². The summed E-state index contributed by atoms with van der Waals surface area (Å²) >= 11 is 5.96. The molecule has 0 unspecified atom stereocenters. The summed E-state index contributed by atoms with van der Waals surface area (Å²) in [6.45, 7) is 4.43. The number of anilines is 1. The summed E-state index contributed by atoms with van der Waals surface area (Å²) in [4.78, 5) is 0. The number of hydrogen-bond donors (Lipinski definition) is 2. The number of nitrogens with one attached hydrogen (secondary N) is 1. The van der Waals surface area contributed by atoms with E-state index in [1.54, 1.807) is 0 Å². The molecule has 0 spiro atoms. The zero-order valence-corrected chi connectivity index (χ0v) is 9.85. The SMILES string of the molecule is Cc1ccc(Cl)cc1NC[C@@H]1CCC[NH2+]1. The van der Waals surface area contributed by atoms with Crippen molar-refractivity contribution in [2.24, 2.45) is 0 Å². The van der Waals surface area contributed by atoms with Gasteiger partial charge in [-0.05, 0) is 24.6 Å². The Balaban J connectivity index is 1.94. The molecular formula is C12H18ClN2+. The number of nitrogens with two attached hydrogens (primary N) is 1. The molecule has 3 N–H and O–H groups in total. The van der Waals surface area contributed by atoms with E-state index in [1.165, 1.54) is 30.6 Å². The first-order valence-electron chi connectivity index (χ1n) is 5.59. The van der Waals surface area contributed by atoms with Gasteiger partial charge in [-0.15, -0.1) is 0 Å². The Hall–Kier alpha value is -0.730. The molecule has 0 radical (unpaired) electrons. The fourth-order valence-corrected chi connectivity index (χ4v) is 2.23. The average molecular weight is 226 g/mol. The van der Waals surface area contributed by atoms with Crippen LogP contribution in [0, 0.1) is 6.92 Å². The van der Waals surface area contributed by atoms with Gasteiger partial charge in [0.25, 0.3) is 0 Å². The minimum atomic E-state index is 0.739. The minimum Gasteiger partial charge on any atom is -0.379 e. The second-order valence-electron chi connectivity index (χ2n) is 4.27. The van der Waals surface area contributed by atoms with Crippen molar-refractivity contribution in [2.75, 3.05) is 18.4 Å². The Labute approximate surface area is 96.0 Å². The Bertz CT molecular complexity index is 332. The molecule has 1 heterocycles. The quantitative estimate of drug-likeness (QED) is 0.807. The molecule has 1 aromatic carbocycles. The van der Waals surface area contributed by atoms with E-state index in [1.807, 2.05) is 12.1 Å². The molecule has 1 saturated heterocycles. The third-order valence-electron chi connectivity index (χ3n) is 3.03. The van der Waals surface area contributed by atoms with Crippen LogP contribution >= 0.6 is 11.6 Å². The lowest BCUT2D eigenvalue weighted by Gasteiger charge is -2.12. The summed E-state index contributed by atoms with van der Waals surface area (Å²) in [5.41, 5.74) is 2.43. The largest absolute Gasteiger partial charge is 0.379 e. The minimum absolute atomic E-state index is 0.739. The monoisotopic (exact) mass is 225 g/mol. The smallest absolute Gasteiger partial charge is 0.104 e. The molecule has 1 aliphatic rings. The molecule has 0 amide bonds. The molecule has 0 aliphatic carbocycles. The van der Waals surface area contributed by atoms with E-state index in [2.05, 4.69) is 23.6 Å². The predicted molar refractivity (Wildman–Crippen MR) is 64.5 cm³/mol. The maximum Gasteiger partial charge on any atom is 0.104 e. The molecule has 1 aliphatic heterocycles. The first-order chi connectivity index (χ1) is 7.25. The number of quaternary nitrogens is 1. The lowest BCUT2D eigenvalue weighted by molar-refractivity contribution is -0.666. The fourth-order valence-electron chi connectivity index (χ4n) is 2.06. The van der Waals surface area contributed by atoms with Crippen LogP contribution in [0.2, 0.25) is 5.02 Å². The molecule has 1 atom stereocenters. The van der Waals surface area contributed by atoms with Gasteiger partial charge in [0.2, 0.25) is 0 Å². The zero-order valence-electron chi connectivity index (χ0n) is 9.09. The molecule has 1 aromatic rings. The molecule has 0 aromatic heterocycles. The summed E-state index contributed by atoms with van der Waals surface area (Å²) in [6.07, 6.45) is 2.67. The van der Waals surface area contributed by atoms with Gasteiger partial charge in [0.05, 0.1) is 13.1 Å². The Morgan fingerprint density at radius 3 is 3.13 bits per heavy atom. The van der Waals surface area contributed by atoms with Gasteiger partial charge < -0.3 is 10.6 Å². The van der Waals surface area contributed by atoms with Gasteiger partial charge in [-0.1, -0.05) is 17.7 Å². The van der Waals surface area contributed by atoms with Crippen LogP contribution in [0.4, 0.5) is 5.69 Å². The first-order valence-corrected chi connectivity index (χ1v) is 5.97. The molecule has 0 saturated carbocycles. The predicted octanol–water partition coefficient (Wildman–Crippen LogP) is 1.79. The van der Waals surface area contributed by atoms with E-state index in [-0.39, 0.29) is 0 Å². The molecule has 15 heavy (non-hydrogen) atoms. The zero-order chi connectivity index (χ0) is 10.7. The third-order valence-corrected chi connectivity index (χ3v) is 3.27. The molecule has 2 rings (SSSR count). The topological polar surface area (TPSA) is 28.6 Å². The average Bonchev–Trinajstić information content (AvgIpc) is 2.72. The van der Waals surface area contributed by atoms with Crippen LogP contribution in [-0.4, -0.2) is 19.1 Å². The Kier molecular flexibility index (Phi) is 3.49. The number of hydrogen-bond acceptors (Lipinski definition) is 1. The third kappa shape index (κ3) is 2.86. The van der Waals surface area contributed by atoms with Gasteiger partial charge in [0.1, 0.15) is 6.04 Å². The van der Waals surface area contributed by atoms with E-state index in [0.717, 1.165) is 17.6 Å². The lowest BCUT2D eigenvalue weighted by Crippen LogP contribution is -2.87. The molecule has 2 nitrogen and oxygen atoms in total. The molecule has 1 fully saturated rings. The van der Waals surface area contributed by atoms with Gasteiger partial charge in [-0.3, -0.25) is 0 Å². The summed E-state index contributed by atoms with van der Waals surface area (Å²) in [7, 11) is 0. The normalized spacial score (nSPS) is 20.5. The summed E-state index contributed by atoms with van der Waals surface area (Å²) in [5, 5.41) is 6.71. The summed E-state index contributed by atoms with van der Waals surface area (Å²) in [6, 6.07) is 6.74. The lowest BCUT2D eigenvalue weighted by atomic mass is 10.2. The van der Waals surface area contributed by atoms with Crippen molar-refractivity contribution in [3.05, 3.63) is 28.8 Å². The molecule has 0 bridgehead atoms. The van der Waals surface area contributed by atoms with Crippen molar-refractivity contribution in [2.45, 2.75) is 25.8 Å². The van der Waals surface area contributed by atoms with E-state index < -0.39 is 0 Å². The van der Waals surface area contributed by atoms with E-state index in [9.17, 15) is 0 Å². The van der Waals surface area contributed by atoms with Crippen molar-refractivity contribution in [1.29, 1.82) is 0 Å². The van der Waals surface area contributed by atoms with Crippen LogP contribution in [-0.2, 0) is 0 Å². The van der Waals surface area contributed by atoms with Gasteiger partial charge in [0, 0.05) is 23.6 Å². The van der Waals surface area contributed by atoms with E-state index in [4.69, 9.17) is 11.6 Å². The highest BCUT2D eigenvalue weighted by Crippen LogP contribution is 2.20. The van der Waals surface area contributed by atoms with Crippen LogP contribution in [0.5, 0.6) is 0 Å².